The van der Waals surface area contributed by atoms with Crippen LogP contribution in [0.3, 0.4) is 0 Å². The Balaban J connectivity index is 2.38. The van der Waals surface area contributed by atoms with Gasteiger partial charge in [-0.25, -0.2) is 4.79 Å². The summed E-state index contributed by atoms with van der Waals surface area (Å²) in [5.41, 5.74) is -0.155. The second-order valence-electron chi connectivity index (χ2n) is 4.30. The van der Waals surface area contributed by atoms with Crippen LogP contribution in [0, 0.1) is 0 Å². The number of nitrogens with one attached hydrogen (secondary N) is 2. The molecule has 3 rings (SSSR count). The highest BCUT2D eigenvalue weighted by Crippen LogP contribution is 2.20. The minimum absolute atomic E-state index is 0.0736. The van der Waals surface area contributed by atoms with Crippen LogP contribution >= 0.6 is 0 Å². The number of fused-ring (bicyclic) bond motifs is 1. The largest absolute Gasteiger partial charge is 0.496 e. The van der Waals surface area contributed by atoms with E-state index < -0.39 is 0 Å². The van der Waals surface area contributed by atoms with Crippen LogP contribution in [0.25, 0.3) is 10.9 Å². The number of rotatable bonds is 2. The summed E-state index contributed by atoms with van der Waals surface area (Å²) in [6.07, 6.45) is 0. The second kappa shape index (κ2) is 3.99. The maximum absolute atomic E-state index is 12.4. The van der Waals surface area contributed by atoms with Crippen LogP contribution in [-0.2, 0) is 0 Å². The molecule has 1 aliphatic heterocycles. The molecular formula is C12H13N3O3. The summed E-state index contributed by atoms with van der Waals surface area (Å²) in [7, 11) is 1.51. The number of aromatic amines is 1. The van der Waals surface area contributed by atoms with Gasteiger partial charge in [-0.2, -0.15) is 0 Å². The summed E-state index contributed by atoms with van der Waals surface area (Å²) in [5.74, 6) is 0.481. The van der Waals surface area contributed by atoms with Crippen LogP contribution in [0.1, 0.15) is 6.04 Å². The molecule has 18 heavy (non-hydrogen) atoms. The molecule has 0 amide bonds. The van der Waals surface area contributed by atoms with Gasteiger partial charge in [0.05, 0.1) is 18.7 Å². The molecule has 0 saturated carbocycles. The molecule has 1 aromatic carbocycles. The Morgan fingerprint density at radius 2 is 2.11 bits per heavy atom. The van der Waals surface area contributed by atoms with Gasteiger partial charge in [0.1, 0.15) is 11.1 Å². The average molecular weight is 247 g/mol. The molecule has 6 heteroatoms. The van der Waals surface area contributed by atoms with Gasteiger partial charge in [0.25, 0.3) is 5.56 Å². The first-order chi connectivity index (χ1) is 8.72. The van der Waals surface area contributed by atoms with Gasteiger partial charge in [0, 0.05) is 13.1 Å². The fourth-order valence-electron chi connectivity index (χ4n) is 2.20. The van der Waals surface area contributed by atoms with Crippen molar-refractivity contribution in [1.29, 1.82) is 0 Å². The van der Waals surface area contributed by atoms with E-state index in [9.17, 15) is 9.59 Å². The van der Waals surface area contributed by atoms with Crippen molar-refractivity contribution < 1.29 is 4.74 Å². The average Bonchev–Trinajstić information content (AvgIpc) is 2.31. The Labute approximate surface area is 102 Å². The van der Waals surface area contributed by atoms with Crippen molar-refractivity contribution in [3.63, 3.8) is 0 Å². The molecule has 0 bridgehead atoms. The van der Waals surface area contributed by atoms with E-state index in [4.69, 9.17) is 4.74 Å². The van der Waals surface area contributed by atoms with Crippen molar-refractivity contribution in [2.75, 3.05) is 20.2 Å². The zero-order valence-electron chi connectivity index (χ0n) is 9.90. The Morgan fingerprint density at radius 1 is 1.33 bits per heavy atom. The molecule has 0 atom stereocenters. The van der Waals surface area contributed by atoms with Crippen molar-refractivity contribution in [3.05, 3.63) is 39.0 Å². The van der Waals surface area contributed by atoms with Crippen LogP contribution in [-0.4, -0.2) is 29.8 Å². The summed E-state index contributed by atoms with van der Waals surface area (Å²) in [6.45, 7) is 1.29. The molecule has 1 aromatic heterocycles. The molecule has 2 aromatic rings. The lowest BCUT2D eigenvalue weighted by atomic mass is 10.1. The van der Waals surface area contributed by atoms with Gasteiger partial charge >= 0.3 is 5.69 Å². The number of benzene rings is 1. The minimum Gasteiger partial charge on any atom is -0.496 e. The predicted molar refractivity (Wildman–Crippen MR) is 67.3 cm³/mol. The normalized spacial score (nSPS) is 15.6. The van der Waals surface area contributed by atoms with E-state index >= 15 is 0 Å². The fraction of sp³-hybridized carbons (Fsp3) is 0.333. The van der Waals surface area contributed by atoms with E-state index in [1.165, 1.54) is 11.7 Å². The first kappa shape index (κ1) is 11.0. The lowest BCUT2D eigenvalue weighted by Crippen LogP contribution is -2.51. The van der Waals surface area contributed by atoms with Crippen LogP contribution in [0.4, 0.5) is 0 Å². The predicted octanol–water partition coefficient (Wildman–Crippen LogP) is -0.157. The van der Waals surface area contributed by atoms with Crippen molar-refractivity contribution in [2.45, 2.75) is 6.04 Å². The zero-order chi connectivity index (χ0) is 12.7. The number of nitrogens with zero attached hydrogens (tertiary/aromatic N) is 1. The quantitative estimate of drug-likeness (QED) is 0.773. The van der Waals surface area contributed by atoms with Crippen molar-refractivity contribution in [1.82, 2.24) is 14.9 Å². The summed E-state index contributed by atoms with van der Waals surface area (Å²) >= 11 is 0. The van der Waals surface area contributed by atoms with Gasteiger partial charge in [-0.05, 0) is 12.1 Å². The molecule has 0 radical (unpaired) electrons. The molecule has 6 nitrogen and oxygen atoms in total. The SMILES string of the molecule is COc1cccc2[nH]c(=O)n(C3CNC3)c(=O)c12. The highest BCUT2D eigenvalue weighted by Gasteiger charge is 2.23. The Kier molecular flexibility index (Phi) is 2.45. The minimum atomic E-state index is -0.368. The van der Waals surface area contributed by atoms with E-state index in [0.717, 1.165) is 0 Å². The Morgan fingerprint density at radius 3 is 2.72 bits per heavy atom. The van der Waals surface area contributed by atoms with E-state index in [2.05, 4.69) is 10.3 Å². The molecular weight excluding hydrogens is 234 g/mol. The first-order valence-electron chi connectivity index (χ1n) is 5.74. The maximum Gasteiger partial charge on any atom is 0.329 e. The summed E-state index contributed by atoms with van der Waals surface area (Å²) < 4.78 is 6.45. The topological polar surface area (TPSA) is 76.1 Å². The third-order valence-electron chi connectivity index (χ3n) is 3.26. The maximum atomic E-state index is 12.4. The monoisotopic (exact) mass is 247 g/mol. The second-order valence-corrected chi connectivity index (χ2v) is 4.30. The number of hydrogen-bond donors (Lipinski definition) is 2. The lowest BCUT2D eigenvalue weighted by Gasteiger charge is -2.28. The van der Waals surface area contributed by atoms with Crippen molar-refractivity contribution in [3.8, 4) is 5.75 Å². The van der Waals surface area contributed by atoms with Crippen LogP contribution < -0.4 is 21.3 Å². The molecule has 2 heterocycles. The summed E-state index contributed by atoms with van der Waals surface area (Å²) in [5, 5.41) is 3.47. The van der Waals surface area contributed by atoms with Gasteiger partial charge in [-0.3, -0.25) is 9.36 Å². The number of methoxy groups -OCH3 is 1. The van der Waals surface area contributed by atoms with E-state index in [0.29, 0.717) is 29.7 Å². The molecule has 1 saturated heterocycles. The third kappa shape index (κ3) is 1.46. The summed E-state index contributed by atoms with van der Waals surface area (Å²) in [6, 6.07) is 5.08. The smallest absolute Gasteiger partial charge is 0.329 e. The van der Waals surface area contributed by atoms with Crippen molar-refractivity contribution >= 4 is 10.9 Å². The lowest BCUT2D eigenvalue weighted by molar-refractivity contribution is 0.326. The third-order valence-corrected chi connectivity index (χ3v) is 3.26. The van der Waals surface area contributed by atoms with E-state index in [1.807, 2.05) is 0 Å². The van der Waals surface area contributed by atoms with Crippen LogP contribution in [0.5, 0.6) is 5.75 Å². The number of aromatic nitrogens is 2. The van der Waals surface area contributed by atoms with Crippen molar-refractivity contribution in [2.24, 2.45) is 0 Å². The van der Waals surface area contributed by atoms with Crippen LogP contribution in [0.2, 0.25) is 0 Å². The number of ether oxygens (including phenoxy) is 1. The standard InChI is InChI=1S/C12H13N3O3/c1-18-9-4-2-3-8-10(9)11(16)15(12(17)14-8)7-5-13-6-7/h2-4,7,13H,5-6H2,1H3,(H,14,17). The highest BCUT2D eigenvalue weighted by molar-refractivity contribution is 5.83. The molecule has 1 aliphatic rings. The zero-order valence-corrected chi connectivity index (χ0v) is 9.90. The van der Waals surface area contributed by atoms with Gasteiger partial charge in [-0.15, -0.1) is 0 Å². The fourth-order valence-corrected chi connectivity index (χ4v) is 2.20. The number of H-pyrrole nitrogens is 1. The Hall–Kier alpha value is -2.08. The van der Waals surface area contributed by atoms with E-state index in [-0.39, 0.29) is 17.3 Å². The molecule has 2 N–H and O–H groups in total. The molecule has 0 unspecified atom stereocenters. The number of hydrogen-bond acceptors (Lipinski definition) is 4. The Bertz CT molecular complexity index is 713. The first-order valence-corrected chi connectivity index (χ1v) is 5.74. The van der Waals surface area contributed by atoms with Crippen LogP contribution in [0.15, 0.2) is 27.8 Å². The van der Waals surface area contributed by atoms with Gasteiger partial charge in [0.15, 0.2) is 0 Å². The highest BCUT2D eigenvalue weighted by atomic mass is 16.5. The molecule has 0 aliphatic carbocycles. The summed E-state index contributed by atoms with van der Waals surface area (Å²) in [4.78, 5) is 27.0. The van der Waals surface area contributed by atoms with Gasteiger partial charge < -0.3 is 15.0 Å². The van der Waals surface area contributed by atoms with Gasteiger partial charge in [0.2, 0.25) is 0 Å². The molecule has 1 fully saturated rings. The van der Waals surface area contributed by atoms with Gasteiger partial charge in [-0.1, -0.05) is 6.07 Å². The molecule has 0 spiro atoms. The molecule has 94 valence electrons. The van der Waals surface area contributed by atoms with E-state index in [1.54, 1.807) is 18.2 Å².